The summed E-state index contributed by atoms with van der Waals surface area (Å²) in [5.41, 5.74) is 4.60. The van der Waals surface area contributed by atoms with Gasteiger partial charge in [0.2, 0.25) is 0 Å². The quantitative estimate of drug-likeness (QED) is 0.829. The number of imidazole rings is 1. The van der Waals surface area contributed by atoms with E-state index < -0.39 is 0 Å². The van der Waals surface area contributed by atoms with Gasteiger partial charge in [-0.25, -0.2) is 4.98 Å². The minimum absolute atomic E-state index is 0.233. The fourth-order valence-electron chi connectivity index (χ4n) is 2.24. The smallest absolute Gasteiger partial charge is 0.0958 e. The normalized spacial score (nSPS) is 11.7. The summed E-state index contributed by atoms with van der Waals surface area (Å²) in [6.07, 6.45) is 3.82. The number of aryl methyl sites for hydroxylation is 3. The second kappa shape index (κ2) is 5.05. The zero-order valence-electron chi connectivity index (χ0n) is 12.2. The standard InChI is InChI=1S/C16H21N3/c1-12-8-14-15(9-13(12)2)19(11-18-14)7-5-6-16(3,4)10-17/h8-9,11H,5-7H2,1-4H3. The summed E-state index contributed by atoms with van der Waals surface area (Å²) >= 11 is 0. The first-order valence-corrected chi connectivity index (χ1v) is 6.76. The summed E-state index contributed by atoms with van der Waals surface area (Å²) in [5, 5.41) is 9.02. The van der Waals surface area contributed by atoms with Gasteiger partial charge in [0.1, 0.15) is 0 Å². The predicted octanol–water partition coefficient (Wildman–Crippen LogP) is 3.98. The van der Waals surface area contributed by atoms with Gasteiger partial charge < -0.3 is 4.57 Å². The maximum atomic E-state index is 9.02. The lowest BCUT2D eigenvalue weighted by molar-refractivity contribution is 0.417. The molecule has 0 aliphatic heterocycles. The summed E-state index contributed by atoms with van der Waals surface area (Å²) in [4.78, 5) is 4.45. The van der Waals surface area contributed by atoms with E-state index in [1.807, 2.05) is 20.2 Å². The molecule has 0 aliphatic carbocycles. The second-order valence-electron chi connectivity index (χ2n) is 5.96. The topological polar surface area (TPSA) is 41.6 Å². The van der Waals surface area contributed by atoms with Crippen molar-refractivity contribution in [2.24, 2.45) is 5.41 Å². The lowest BCUT2D eigenvalue weighted by Gasteiger charge is -2.14. The van der Waals surface area contributed by atoms with Crippen LogP contribution in [0.2, 0.25) is 0 Å². The van der Waals surface area contributed by atoms with E-state index in [1.54, 1.807) is 0 Å². The van der Waals surface area contributed by atoms with E-state index in [4.69, 9.17) is 5.26 Å². The highest BCUT2D eigenvalue weighted by molar-refractivity contribution is 5.77. The Bertz CT molecular complexity index is 629. The first-order chi connectivity index (χ1) is 8.93. The molecule has 19 heavy (non-hydrogen) atoms. The third kappa shape index (κ3) is 2.96. The lowest BCUT2D eigenvalue weighted by Crippen LogP contribution is -2.09. The molecule has 0 fully saturated rings. The van der Waals surface area contributed by atoms with Gasteiger partial charge in [0, 0.05) is 6.54 Å². The van der Waals surface area contributed by atoms with Crippen molar-refractivity contribution in [3.8, 4) is 6.07 Å². The van der Waals surface area contributed by atoms with E-state index in [9.17, 15) is 0 Å². The number of benzene rings is 1. The maximum absolute atomic E-state index is 9.02. The van der Waals surface area contributed by atoms with Crippen LogP contribution in [-0.2, 0) is 6.54 Å². The average Bonchev–Trinajstić information content (AvgIpc) is 2.73. The van der Waals surface area contributed by atoms with Crippen molar-refractivity contribution < 1.29 is 0 Å². The summed E-state index contributed by atoms with van der Waals surface area (Å²) in [6.45, 7) is 9.15. The van der Waals surface area contributed by atoms with Crippen LogP contribution in [0.25, 0.3) is 11.0 Å². The molecule has 0 atom stereocenters. The molecule has 0 radical (unpaired) electrons. The minimum Gasteiger partial charge on any atom is -0.331 e. The number of aromatic nitrogens is 2. The highest BCUT2D eigenvalue weighted by Crippen LogP contribution is 2.23. The molecule has 0 spiro atoms. The number of hydrogen-bond donors (Lipinski definition) is 0. The Labute approximate surface area is 114 Å². The van der Waals surface area contributed by atoms with E-state index in [0.717, 1.165) is 24.9 Å². The summed E-state index contributed by atoms with van der Waals surface area (Å²) in [5.74, 6) is 0. The maximum Gasteiger partial charge on any atom is 0.0958 e. The Kier molecular flexibility index (Phi) is 3.61. The van der Waals surface area contributed by atoms with Crippen LogP contribution < -0.4 is 0 Å². The van der Waals surface area contributed by atoms with E-state index >= 15 is 0 Å². The van der Waals surface area contributed by atoms with Crippen molar-refractivity contribution in [1.29, 1.82) is 5.26 Å². The van der Waals surface area contributed by atoms with Gasteiger partial charge in [-0.1, -0.05) is 0 Å². The van der Waals surface area contributed by atoms with Gasteiger partial charge >= 0.3 is 0 Å². The largest absolute Gasteiger partial charge is 0.331 e. The molecule has 0 unspecified atom stereocenters. The van der Waals surface area contributed by atoms with E-state index in [2.05, 4.69) is 41.6 Å². The molecule has 100 valence electrons. The molecular weight excluding hydrogens is 234 g/mol. The number of hydrogen-bond acceptors (Lipinski definition) is 2. The number of rotatable bonds is 4. The first-order valence-electron chi connectivity index (χ1n) is 6.76. The van der Waals surface area contributed by atoms with Crippen LogP contribution in [-0.4, -0.2) is 9.55 Å². The van der Waals surface area contributed by atoms with Crippen LogP contribution >= 0.6 is 0 Å². The Morgan fingerprint density at radius 1 is 1.26 bits per heavy atom. The summed E-state index contributed by atoms with van der Waals surface area (Å²) in [6, 6.07) is 6.69. The van der Waals surface area contributed by atoms with Gasteiger partial charge in [0.15, 0.2) is 0 Å². The molecule has 0 saturated carbocycles. The van der Waals surface area contributed by atoms with Crippen molar-refractivity contribution in [2.45, 2.75) is 47.1 Å². The van der Waals surface area contributed by atoms with Crippen molar-refractivity contribution in [3.05, 3.63) is 29.6 Å². The lowest BCUT2D eigenvalue weighted by atomic mass is 9.90. The third-order valence-corrected chi connectivity index (χ3v) is 3.74. The third-order valence-electron chi connectivity index (χ3n) is 3.74. The first kappa shape index (κ1) is 13.6. The van der Waals surface area contributed by atoms with Gasteiger partial charge in [0.05, 0.1) is 28.8 Å². The highest BCUT2D eigenvalue weighted by Gasteiger charge is 2.16. The van der Waals surface area contributed by atoms with Gasteiger partial charge in [-0.15, -0.1) is 0 Å². The summed E-state index contributed by atoms with van der Waals surface area (Å²) < 4.78 is 2.19. The monoisotopic (exact) mass is 255 g/mol. The van der Waals surface area contributed by atoms with Crippen LogP contribution in [0.3, 0.4) is 0 Å². The molecular formula is C16H21N3. The van der Waals surface area contributed by atoms with Gasteiger partial charge in [-0.3, -0.25) is 0 Å². The van der Waals surface area contributed by atoms with Crippen molar-refractivity contribution in [2.75, 3.05) is 0 Å². The molecule has 2 aromatic rings. The molecule has 0 aliphatic rings. The van der Waals surface area contributed by atoms with E-state index in [0.29, 0.717) is 0 Å². The van der Waals surface area contributed by atoms with Crippen LogP contribution in [0.4, 0.5) is 0 Å². The molecule has 2 rings (SSSR count). The molecule has 1 aromatic carbocycles. The zero-order chi connectivity index (χ0) is 14.0. The van der Waals surface area contributed by atoms with Gasteiger partial charge in [0.25, 0.3) is 0 Å². The zero-order valence-corrected chi connectivity index (χ0v) is 12.2. The molecule has 3 heteroatoms. The Morgan fingerprint density at radius 3 is 2.63 bits per heavy atom. The van der Waals surface area contributed by atoms with Crippen molar-refractivity contribution in [3.63, 3.8) is 0 Å². The molecule has 0 bridgehead atoms. The average molecular weight is 255 g/mol. The number of nitrogens with zero attached hydrogens (tertiary/aromatic N) is 3. The van der Waals surface area contributed by atoms with Crippen LogP contribution in [0.5, 0.6) is 0 Å². The highest BCUT2D eigenvalue weighted by atomic mass is 15.0. The van der Waals surface area contributed by atoms with Crippen LogP contribution in [0.1, 0.15) is 37.8 Å². The molecule has 3 nitrogen and oxygen atoms in total. The van der Waals surface area contributed by atoms with E-state index in [-0.39, 0.29) is 5.41 Å². The van der Waals surface area contributed by atoms with E-state index in [1.165, 1.54) is 16.6 Å². The molecule has 1 heterocycles. The van der Waals surface area contributed by atoms with Crippen molar-refractivity contribution >= 4 is 11.0 Å². The Morgan fingerprint density at radius 2 is 1.95 bits per heavy atom. The molecule has 1 aromatic heterocycles. The summed E-state index contributed by atoms with van der Waals surface area (Å²) in [7, 11) is 0. The molecule has 0 N–H and O–H groups in total. The molecule has 0 saturated heterocycles. The van der Waals surface area contributed by atoms with Crippen molar-refractivity contribution in [1.82, 2.24) is 9.55 Å². The van der Waals surface area contributed by atoms with Gasteiger partial charge in [-0.05, 0) is 63.8 Å². The Balaban J connectivity index is 2.14. The fourth-order valence-corrected chi connectivity index (χ4v) is 2.24. The SMILES string of the molecule is Cc1cc2ncn(CCCC(C)(C)C#N)c2cc1C. The second-order valence-corrected chi connectivity index (χ2v) is 5.96. The minimum atomic E-state index is -0.233. The number of nitriles is 1. The molecule has 0 amide bonds. The number of fused-ring (bicyclic) bond motifs is 1. The fraction of sp³-hybridized carbons (Fsp3) is 0.500. The predicted molar refractivity (Wildman–Crippen MR) is 77.8 cm³/mol. The van der Waals surface area contributed by atoms with Gasteiger partial charge in [-0.2, -0.15) is 5.26 Å². The van der Waals surface area contributed by atoms with Crippen LogP contribution in [0, 0.1) is 30.6 Å². The van der Waals surface area contributed by atoms with Crippen LogP contribution in [0.15, 0.2) is 18.5 Å². The Hall–Kier alpha value is -1.82.